The molecule has 1 aliphatic carbocycles. The monoisotopic (exact) mass is 292 g/mol. The molecule has 106 valence electrons. The Morgan fingerprint density at radius 3 is 2.47 bits per heavy atom. The van der Waals surface area contributed by atoms with E-state index in [0.29, 0.717) is 11.8 Å². The molecule has 0 radical (unpaired) electrons. The fraction of sp³-hybridized carbons (Fsp3) is 0.615. The van der Waals surface area contributed by atoms with E-state index in [1.165, 1.54) is 0 Å². The van der Waals surface area contributed by atoms with Crippen molar-refractivity contribution in [3.8, 4) is 0 Å². The normalized spacial score (nSPS) is 27.6. The van der Waals surface area contributed by atoms with Gasteiger partial charge in [0.1, 0.15) is 11.0 Å². The molecule has 1 saturated carbocycles. The average Bonchev–Trinajstić information content (AvgIpc) is 2.59. The maximum Gasteiger partial charge on any atom is 0.416 e. The van der Waals surface area contributed by atoms with E-state index in [4.69, 9.17) is 11.6 Å². The molecule has 2 nitrogen and oxygen atoms in total. The second-order valence-corrected chi connectivity index (χ2v) is 5.61. The predicted octanol–water partition coefficient (Wildman–Crippen LogP) is 4.60. The minimum absolute atomic E-state index is 0.143. The van der Waals surface area contributed by atoms with Crippen molar-refractivity contribution in [2.75, 3.05) is 5.32 Å². The fourth-order valence-electron chi connectivity index (χ4n) is 2.49. The van der Waals surface area contributed by atoms with Crippen LogP contribution in [0.3, 0.4) is 0 Å². The van der Waals surface area contributed by atoms with Crippen LogP contribution in [0.25, 0.3) is 0 Å². The molecule has 3 atom stereocenters. The van der Waals surface area contributed by atoms with E-state index in [-0.39, 0.29) is 17.0 Å². The number of alkyl halides is 3. The molecule has 1 fully saturated rings. The molecule has 6 heteroatoms. The SMILES string of the molecule is CC1CCC(Nc2cc(C(F)(F)F)cc(Cl)n2)C1C. The van der Waals surface area contributed by atoms with Crippen molar-refractivity contribution in [2.24, 2.45) is 11.8 Å². The Hall–Kier alpha value is -0.970. The number of halogens is 4. The van der Waals surface area contributed by atoms with Crippen molar-refractivity contribution in [1.82, 2.24) is 4.98 Å². The molecule has 1 aliphatic rings. The number of anilines is 1. The van der Waals surface area contributed by atoms with Crippen LogP contribution < -0.4 is 5.32 Å². The van der Waals surface area contributed by atoms with Gasteiger partial charge in [-0.15, -0.1) is 0 Å². The second kappa shape index (κ2) is 5.19. The maximum absolute atomic E-state index is 12.7. The zero-order valence-corrected chi connectivity index (χ0v) is 11.5. The summed E-state index contributed by atoms with van der Waals surface area (Å²) in [6.45, 7) is 4.25. The number of pyridine rings is 1. The zero-order valence-electron chi connectivity index (χ0n) is 10.8. The van der Waals surface area contributed by atoms with Crippen molar-refractivity contribution < 1.29 is 13.2 Å². The first-order valence-corrected chi connectivity index (χ1v) is 6.66. The van der Waals surface area contributed by atoms with Crippen LogP contribution in [-0.2, 0) is 6.18 Å². The largest absolute Gasteiger partial charge is 0.416 e. The number of hydrogen-bond acceptors (Lipinski definition) is 2. The van der Waals surface area contributed by atoms with Crippen molar-refractivity contribution >= 4 is 17.4 Å². The van der Waals surface area contributed by atoms with Crippen LogP contribution in [0.15, 0.2) is 12.1 Å². The first kappa shape index (κ1) is 14.4. The number of aromatic nitrogens is 1. The smallest absolute Gasteiger partial charge is 0.367 e. The Balaban J connectivity index is 2.19. The van der Waals surface area contributed by atoms with Crippen LogP contribution >= 0.6 is 11.6 Å². The summed E-state index contributed by atoms with van der Waals surface area (Å²) in [5.74, 6) is 1.18. The summed E-state index contributed by atoms with van der Waals surface area (Å²) in [6, 6.07) is 2.01. The molecule has 3 unspecified atom stereocenters. The highest BCUT2D eigenvalue weighted by molar-refractivity contribution is 6.29. The van der Waals surface area contributed by atoms with Gasteiger partial charge in [0.05, 0.1) is 5.56 Å². The first-order chi connectivity index (χ1) is 8.77. The van der Waals surface area contributed by atoms with E-state index in [9.17, 15) is 13.2 Å². The fourth-order valence-corrected chi connectivity index (χ4v) is 2.70. The lowest BCUT2D eigenvalue weighted by Crippen LogP contribution is -2.24. The summed E-state index contributed by atoms with van der Waals surface area (Å²) >= 11 is 5.66. The molecule has 1 aromatic heterocycles. The van der Waals surface area contributed by atoms with Gasteiger partial charge in [0.15, 0.2) is 0 Å². The topological polar surface area (TPSA) is 24.9 Å². The van der Waals surface area contributed by atoms with Gasteiger partial charge in [0, 0.05) is 6.04 Å². The molecule has 0 amide bonds. The van der Waals surface area contributed by atoms with Gasteiger partial charge in [0.2, 0.25) is 0 Å². The lowest BCUT2D eigenvalue weighted by atomic mass is 9.98. The van der Waals surface area contributed by atoms with Gasteiger partial charge in [-0.3, -0.25) is 0 Å². The molecule has 0 bridgehead atoms. The molecule has 2 rings (SSSR count). The highest BCUT2D eigenvalue weighted by Gasteiger charge is 2.33. The van der Waals surface area contributed by atoms with Crippen molar-refractivity contribution in [1.29, 1.82) is 0 Å². The number of nitrogens with one attached hydrogen (secondary N) is 1. The molecule has 19 heavy (non-hydrogen) atoms. The number of hydrogen-bond donors (Lipinski definition) is 1. The Bertz CT molecular complexity index is 462. The van der Waals surface area contributed by atoms with Gasteiger partial charge in [-0.05, 0) is 36.8 Å². The lowest BCUT2D eigenvalue weighted by Gasteiger charge is -2.21. The Morgan fingerprint density at radius 2 is 1.95 bits per heavy atom. The molecular formula is C13H16ClF3N2. The summed E-state index contributed by atoms with van der Waals surface area (Å²) in [5.41, 5.74) is -0.770. The van der Waals surface area contributed by atoms with Crippen molar-refractivity contribution in [2.45, 2.75) is 38.9 Å². The minimum Gasteiger partial charge on any atom is -0.367 e. The van der Waals surface area contributed by atoms with E-state index in [1.807, 2.05) is 0 Å². The maximum atomic E-state index is 12.7. The molecular weight excluding hydrogens is 277 g/mol. The quantitative estimate of drug-likeness (QED) is 0.806. The summed E-state index contributed by atoms with van der Waals surface area (Å²) in [7, 11) is 0. The summed E-state index contributed by atoms with van der Waals surface area (Å²) in [6.07, 6.45) is -2.39. The van der Waals surface area contributed by atoms with Crippen LogP contribution in [-0.4, -0.2) is 11.0 Å². The van der Waals surface area contributed by atoms with E-state index in [0.717, 1.165) is 25.0 Å². The average molecular weight is 293 g/mol. The van der Waals surface area contributed by atoms with E-state index >= 15 is 0 Å². The van der Waals surface area contributed by atoms with Gasteiger partial charge in [-0.2, -0.15) is 13.2 Å². The van der Waals surface area contributed by atoms with E-state index in [2.05, 4.69) is 24.1 Å². The Kier molecular flexibility index (Phi) is 3.95. The van der Waals surface area contributed by atoms with E-state index in [1.54, 1.807) is 0 Å². The summed E-state index contributed by atoms with van der Waals surface area (Å²) < 4.78 is 38.1. The highest BCUT2D eigenvalue weighted by Crippen LogP contribution is 2.35. The summed E-state index contributed by atoms with van der Waals surface area (Å²) in [4.78, 5) is 3.92. The van der Waals surface area contributed by atoms with Gasteiger partial charge < -0.3 is 5.32 Å². The molecule has 1 N–H and O–H groups in total. The molecule has 0 saturated heterocycles. The van der Waals surface area contributed by atoms with Crippen molar-refractivity contribution in [3.63, 3.8) is 0 Å². The number of rotatable bonds is 2. The van der Waals surface area contributed by atoms with Crippen molar-refractivity contribution in [3.05, 3.63) is 22.8 Å². The third-order valence-electron chi connectivity index (χ3n) is 3.92. The van der Waals surface area contributed by atoms with Crippen LogP contribution in [0.4, 0.5) is 19.0 Å². The molecule has 1 aromatic rings. The molecule has 0 aromatic carbocycles. The third kappa shape index (κ3) is 3.32. The predicted molar refractivity (Wildman–Crippen MR) is 69.2 cm³/mol. The highest BCUT2D eigenvalue weighted by atomic mass is 35.5. The molecule has 0 aliphatic heterocycles. The van der Waals surface area contributed by atoms with Gasteiger partial charge in [-0.1, -0.05) is 25.4 Å². The molecule has 0 spiro atoms. The second-order valence-electron chi connectivity index (χ2n) is 5.23. The van der Waals surface area contributed by atoms with Crippen LogP contribution in [0.2, 0.25) is 5.15 Å². The third-order valence-corrected chi connectivity index (χ3v) is 4.11. The van der Waals surface area contributed by atoms with Crippen LogP contribution in [0.5, 0.6) is 0 Å². The van der Waals surface area contributed by atoms with Crippen LogP contribution in [0, 0.1) is 11.8 Å². The molecule has 1 heterocycles. The van der Waals surface area contributed by atoms with Gasteiger partial charge >= 0.3 is 6.18 Å². The van der Waals surface area contributed by atoms with Gasteiger partial charge in [0.25, 0.3) is 0 Å². The van der Waals surface area contributed by atoms with Gasteiger partial charge in [-0.25, -0.2) is 4.98 Å². The van der Waals surface area contributed by atoms with Crippen LogP contribution in [0.1, 0.15) is 32.3 Å². The Morgan fingerprint density at radius 1 is 1.26 bits per heavy atom. The zero-order chi connectivity index (χ0) is 14.2. The van der Waals surface area contributed by atoms with E-state index < -0.39 is 11.7 Å². The summed E-state index contributed by atoms with van der Waals surface area (Å²) in [5, 5.41) is 2.94. The minimum atomic E-state index is -4.41. The first-order valence-electron chi connectivity index (χ1n) is 6.28. The lowest BCUT2D eigenvalue weighted by molar-refractivity contribution is -0.137. The Labute approximate surface area is 115 Å². The standard InChI is InChI=1S/C13H16ClF3N2/c1-7-3-4-10(8(7)2)18-12-6-9(13(15,16)17)5-11(14)19-12/h5-8,10H,3-4H2,1-2H3,(H,18,19). The number of nitrogens with zero attached hydrogens (tertiary/aromatic N) is 1.